The second kappa shape index (κ2) is 7.83. The number of aryl methyl sites for hydroxylation is 1. The third-order valence-electron chi connectivity index (χ3n) is 4.43. The third kappa shape index (κ3) is 4.10. The van der Waals surface area contributed by atoms with E-state index in [2.05, 4.69) is 33.4 Å². The van der Waals surface area contributed by atoms with Gasteiger partial charge in [0.25, 0.3) is 5.91 Å². The molecule has 0 aliphatic heterocycles. The molecule has 1 aliphatic rings. The minimum absolute atomic E-state index is 0.0259. The van der Waals surface area contributed by atoms with Gasteiger partial charge in [-0.05, 0) is 65.4 Å². The maximum absolute atomic E-state index is 12.5. The van der Waals surface area contributed by atoms with Crippen LogP contribution in [0.4, 0.5) is 0 Å². The molecule has 2 atom stereocenters. The van der Waals surface area contributed by atoms with E-state index in [1.807, 2.05) is 18.2 Å². The van der Waals surface area contributed by atoms with Gasteiger partial charge < -0.3 is 10.1 Å². The molecule has 0 saturated heterocycles. The van der Waals surface area contributed by atoms with Crippen LogP contribution in [0.15, 0.2) is 53.0 Å². The fourth-order valence-electron chi connectivity index (χ4n) is 3.10. The van der Waals surface area contributed by atoms with Gasteiger partial charge in [0.1, 0.15) is 0 Å². The second-order valence-corrected chi connectivity index (χ2v) is 7.03. The number of carbonyl (C=O) groups is 2. The van der Waals surface area contributed by atoms with Crippen LogP contribution in [0.2, 0.25) is 0 Å². The van der Waals surface area contributed by atoms with E-state index in [9.17, 15) is 9.59 Å². The molecule has 4 nitrogen and oxygen atoms in total. The van der Waals surface area contributed by atoms with Crippen LogP contribution in [-0.2, 0) is 16.0 Å². The van der Waals surface area contributed by atoms with Crippen molar-refractivity contribution in [3.8, 4) is 0 Å². The Hall–Kier alpha value is -2.14. The molecule has 25 heavy (non-hydrogen) atoms. The molecule has 130 valence electrons. The predicted octanol–water partition coefficient (Wildman–Crippen LogP) is 4.19. The van der Waals surface area contributed by atoms with Gasteiger partial charge in [-0.2, -0.15) is 0 Å². The Balaban J connectivity index is 1.64. The van der Waals surface area contributed by atoms with Crippen molar-refractivity contribution in [1.29, 1.82) is 0 Å². The molecule has 1 N–H and O–H groups in total. The predicted molar refractivity (Wildman–Crippen MR) is 99.3 cm³/mol. The van der Waals surface area contributed by atoms with E-state index in [4.69, 9.17) is 4.74 Å². The Kier molecular flexibility index (Phi) is 5.53. The second-order valence-electron chi connectivity index (χ2n) is 6.18. The van der Waals surface area contributed by atoms with E-state index < -0.39 is 12.1 Å². The zero-order valence-corrected chi connectivity index (χ0v) is 15.6. The molecule has 0 spiro atoms. The highest BCUT2D eigenvalue weighted by atomic mass is 79.9. The molecule has 0 radical (unpaired) electrons. The lowest BCUT2D eigenvalue weighted by atomic mass is 9.87. The first-order valence-corrected chi connectivity index (χ1v) is 9.19. The standard InChI is InChI=1S/C20H20BrNO3/c1-13(25-20(24)16-10-4-5-11-17(16)21)19(23)22-18-12-6-8-14-7-2-3-9-15(14)18/h2-5,7,9-11,13,18H,6,8,12H2,1H3,(H,22,23)/t13-,18+/m0/s1. The molecule has 0 bridgehead atoms. The molecule has 2 aromatic rings. The summed E-state index contributed by atoms with van der Waals surface area (Å²) in [4.78, 5) is 24.7. The molecule has 0 heterocycles. The fourth-order valence-corrected chi connectivity index (χ4v) is 3.54. The van der Waals surface area contributed by atoms with E-state index in [1.165, 1.54) is 5.56 Å². The van der Waals surface area contributed by atoms with Crippen LogP contribution in [0.3, 0.4) is 0 Å². The van der Waals surface area contributed by atoms with Crippen molar-refractivity contribution in [2.45, 2.75) is 38.3 Å². The lowest BCUT2D eigenvalue weighted by molar-refractivity contribution is -0.130. The molecular weight excluding hydrogens is 382 g/mol. The first-order chi connectivity index (χ1) is 12.1. The fraction of sp³-hybridized carbons (Fsp3) is 0.300. The average molecular weight is 402 g/mol. The summed E-state index contributed by atoms with van der Waals surface area (Å²) < 4.78 is 5.97. The van der Waals surface area contributed by atoms with Gasteiger partial charge in [-0.3, -0.25) is 4.79 Å². The van der Waals surface area contributed by atoms with Crippen molar-refractivity contribution in [2.75, 3.05) is 0 Å². The Morgan fingerprint density at radius 3 is 2.68 bits per heavy atom. The normalized spacial score (nSPS) is 17.3. The number of rotatable bonds is 4. The van der Waals surface area contributed by atoms with Gasteiger partial charge in [0.2, 0.25) is 0 Å². The van der Waals surface area contributed by atoms with Crippen LogP contribution in [0.1, 0.15) is 47.3 Å². The number of hydrogen-bond acceptors (Lipinski definition) is 3. The number of ether oxygens (including phenoxy) is 1. The zero-order chi connectivity index (χ0) is 17.8. The number of carbonyl (C=O) groups excluding carboxylic acids is 2. The number of hydrogen-bond donors (Lipinski definition) is 1. The van der Waals surface area contributed by atoms with Gasteiger partial charge in [-0.25, -0.2) is 4.79 Å². The first-order valence-electron chi connectivity index (χ1n) is 8.40. The molecule has 5 heteroatoms. The van der Waals surface area contributed by atoms with Crippen molar-refractivity contribution in [3.05, 3.63) is 69.7 Å². The van der Waals surface area contributed by atoms with Crippen molar-refractivity contribution >= 4 is 27.8 Å². The summed E-state index contributed by atoms with van der Waals surface area (Å²) in [5.41, 5.74) is 2.84. The number of esters is 1. The van der Waals surface area contributed by atoms with E-state index in [1.54, 1.807) is 25.1 Å². The topological polar surface area (TPSA) is 55.4 Å². The molecule has 3 rings (SSSR count). The van der Waals surface area contributed by atoms with Crippen LogP contribution < -0.4 is 5.32 Å². The summed E-state index contributed by atoms with van der Waals surface area (Å²) in [5.74, 6) is -0.790. The summed E-state index contributed by atoms with van der Waals surface area (Å²) in [6, 6.07) is 15.1. The Bertz CT molecular complexity index is 790. The zero-order valence-electron chi connectivity index (χ0n) is 14.0. The molecule has 1 amide bonds. The van der Waals surface area contributed by atoms with Crippen LogP contribution in [0.5, 0.6) is 0 Å². The van der Waals surface area contributed by atoms with E-state index >= 15 is 0 Å². The molecule has 0 unspecified atom stereocenters. The summed E-state index contributed by atoms with van der Waals surface area (Å²) in [7, 11) is 0. The Morgan fingerprint density at radius 2 is 1.88 bits per heavy atom. The average Bonchev–Trinajstić information content (AvgIpc) is 2.62. The lowest BCUT2D eigenvalue weighted by Gasteiger charge is -2.27. The number of halogens is 1. The third-order valence-corrected chi connectivity index (χ3v) is 5.12. The van der Waals surface area contributed by atoms with E-state index in [0.29, 0.717) is 10.0 Å². The van der Waals surface area contributed by atoms with Crippen LogP contribution >= 0.6 is 15.9 Å². The van der Waals surface area contributed by atoms with Crippen molar-refractivity contribution in [3.63, 3.8) is 0 Å². The maximum Gasteiger partial charge on any atom is 0.340 e. The number of fused-ring (bicyclic) bond motifs is 1. The highest BCUT2D eigenvalue weighted by molar-refractivity contribution is 9.10. The van der Waals surface area contributed by atoms with Crippen molar-refractivity contribution in [1.82, 2.24) is 5.32 Å². The summed E-state index contributed by atoms with van der Waals surface area (Å²) in [5, 5.41) is 3.02. The van der Waals surface area contributed by atoms with Crippen molar-refractivity contribution in [2.24, 2.45) is 0 Å². The summed E-state index contributed by atoms with van der Waals surface area (Å²) >= 11 is 3.32. The summed E-state index contributed by atoms with van der Waals surface area (Å²) in [6.07, 6.45) is 2.12. The monoisotopic (exact) mass is 401 g/mol. The molecule has 0 aromatic heterocycles. The number of nitrogens with one attached hydrogen (secondary N) is 1. The maximum atomic E-state index is 12.5. The molecule has 0 fully saturated rings. The summed E-state index contributed by atoms with van der Waals surface area (Å²) in [6.45, 7) is 1.60. The minimum atomic E-state index is -0.853. The largest absolute Gasteiger partial charge is 0.449 e. The van der Waals surface area contributed by atoms with Gasteiger partial charge in [0.15, 0.2) is 6.10 Å². The van der Waals surface area contributed by atoms with Gasteiger partial charge in [-0.1, -0.05) is 36.4 Å². The van der Waals surface area contributed by atoms with Gasteiger partial charge in [-0.15, -0.1) is 0 Å². The molecular formula is C20H20BrNO3. The lowest BCUT2D eigenvalue weighted by Crippen LogP contribution is -2.39. The quantitative estimate of drug-likeness (QED) is 0.781. The SMILES string of the molecule is C[C@H](OC(=O)c1ccccc1Br)C(=O)N[C@@H]1CCCc2ccccc21. The Morgan fingerprint density at radius 1 is 1.16 bits per heavy atom. The van der Waals surface area contributed by atoms with E-state index in [-0.39, 0.29) is 11.9 Å². The smallest absolute Gasteiger partial charge is 0.340 e. The van der Waals surface area contributed by atoms with Crippen LogP contribution in [0, 0.1) is 0 Å². The highest BCUT2D eigenvalue weighted by Crippen LogP contribution is 2.29. The van der Waals surface area contributed by atoms with Crippen molar-refractivity contribution < 1.29 is 14.3 Å². The molecule has 2 aromatic carbocycles. The minimum Gasteiger partial charge on any atom is -0.449 e. The van der Waals surface area contributed by atoms with Gasteiger partial charge >= 0.3 is 5.97 Å². The van der Waals surface area contributed by atoms with Gasteiger partial charge in [0, 0.05) is 4.47 Å². The Labute approximate surface area is 155 Å². The molecule has 1 aliphatic carbocycles. The number of amides is 1. The number of benzene rings is 2. The molecule has 0 saturated carbocycles. The van der Waals surface area contributed by atoms with Crippen LogP contribution in [-0.4, -0.2) is 18.0 Å². The van der Waals surface area contributed by atoms with E-state index in [0.717, 1.165) is 24.8 Å². The van der Waals surface area contributed by atoms with Gasteiger partial charge in [0.05, 0.1) is 11.6 Å². The first kappa shape index (κ1) is 17.7. The highest BCUT2D eigenvalue weighted by Gasteiger charge is 2.25. The van der Waals surface area contributed by atoms with Crippen LogP contribution in [0.25, 0.3) is 0 Å².